The van der Waals surface area contributed by atoms with Crippen molar-refractivity contribution in [3.05, 3.63) is 0 Å². The van der Waals surface area contributed by atoms with Gasteiger partial charge in [-0.1, -0.05) is 0 Å². The Balaban J connectivity index is 2.09. The van der Waals surface area contributed by atoms with Crippen molar-refractivity contribution in [1.29, 1.82) is 0 Å². The van der Waals surface area contributed by atoms with Crippen LogP contribution in [0, 0.1) is 5.92 Å². The number of ether oxygens (including phenoxy) is 1. The second kappa shape index (κ2) is 4.78. The number of esters is 1. The number of hydrogen-bond acceptors (Lipinski definition) is 4. The van der Waals surface area contributed by atoms with E-state index in [1.54, 1.807) is 0 Å². The van der Waals surface area contributed by atoms with Crippen molar-refractivity contribution >= 4 is 11.9 Å². The van der Waals surface area contributed by atoms with Crippen LogP contribution in [0.3, 0.4) is 0 Å². The molecule has 0 saturated carbocycles. The number of carbonyl (C=O) groups is 2. The number of rotatable bonds is 3. The summed E-state index contributed by atoms with van der Waals surface area (Å²) in [5.74, 6) is -0.943. The molecule has 2 aliphatic rings. The van der Waals surface area contributed by atoms with Crippen LogP contribution in [0.25, 0.3) is 0 Å². The molecule has 2 rings (SSSR count). The van der Waals surface area contributed by atoms with Gasteiger partial charge in [-0.25, -0.2) is 0 Å². The Morgan fingerprint density at radius 1 is 1.42 bits per heavy atom. The Bertz CT molecular complexity index is 387. The van der Waals surface area contributed by atoms with E-state index in [0.717, 1.165) is 19.3 Å². The van der Waals surface area contributed by atoms with Crippen molar-refractivity contribution in [2.45, 2.75) is 70.1 Å². The van der Waals surface area contributed by atoms with Crippen LogP contribution in [0.1, 0.15) is 52.9 Å². The van der Waals surface area contributed by atoms with Gasteiger partial charge in [0.25, 0.3) is 0 Å². The zero-order chi connectivity index (χ0) is 14.3. The molecule has 0 aromatic rings. The van der Waals surface area contributed by atoms with Crippen LogP contribution >= 0.6 is 0 Å². The minimum Gasteiger partial charge on any atom is -0.481 e. The lowest BCUT2D eigenvalue weighted by atomic mass is 9.81. The van der Waals surface area contributed by atoms with E-state index in [4.69, 9.17) is 9.84 Å². The van der Waals surface area contributed by atoms with Gasteiger partial charge in [-0.15, -0.1) is 0 Å². The van der Waals surface area contributed by atoms with Crippen LogP contribution < -0.4 is 5.32 Å². The summed E-state index contributed by atoms with van der Waals surface area (Å²) in [4.78, 5) is 23.3. The predicted molar refractivity (Wildman–Crippen MR) is 69.7 cm³/mol. The number of carbonyl (C=O) groups excluding carboxylic acids is 1. The maximum absolute atomic E-state index is 12.4. The first-order valence-corrected chi connectivity index (χ1v) is 6.93. The number of carboxylic acids is 1. The van der Waals surface area contributed by atoms with Gasteiger partial charge in [0.15, 0.2) is 0 Å². The van der Waals surface area contributed by atoms with E-state index in [2.05, 4.69) is 5.32 Å². The predicted octanol–water partition coefficient (Wildman–Crippen LogP) is 1.70. The maximum atomic E-state index is 12.4. The van der Waals surface area contributed by atoms with Crippen LogP contribution in [0.4, 0.5) is 0 Å². The highest BCUT2D eigenvalue weighted by molar-refractivity contribution is 5.82. The number of fused-ring (bicyclic) bond motifs is 2. The quantitative estimate of drug-likeness (QED) is 0.763. The first-order valence-electron chi connectivity index (χ1n) is 6.93. The minimum atomic E-state index is -0.786. The van der Waals surface area contributed by atoms with Gasteiger partial charge in [0, 0.05) is 12.5 Å². The Morgan fingerprint density at radius 3 is 2.68 bits per heavy atom. The van der Waals surface area contributed by atoms with Crippen molar-refractivity contribution in [2.75, 3.05) is 0 Å². The summed E-state index contributed by atoms with van der Waals surface area (Å²) in [7, 11) is 0. The molecule has 2 heterocycles. The molecule has 19 heavy (non-hydrogen) atoms. The molecule has 5 heteroatoms. The van der Waals surface area contributed by atoms with Gasteiger partial charge < -0.3 is 9.84 Å². The van der Waals surface area contributed by atoms with E-state index in [1.807, 2.05) is 20.8 Å². The van der Waals surface area contributed by atoms with E-state index >= 15 is 0 Å². The van der Waals surface area contributed by atoms with Gasteiger partial charge in [-0.05, 0) is 52.4 Å². The van der Waals surface area contributed by atoms with E-state index in [0.29, 0.717) is 6.42 Å². The molecule has 0 aromatic heterocycles. The van der Waals surface area contributed by atoms with Gasteiger partial charge >= 0.3 is 11.9 Å². The summed E-state index contributed by atoms with van der Waals surface area (Å²) in [5, 5.41) is 12.3. The zero-order valence-electron chi connectivity index (χ0n) is 11.9. The molecule has 3 unspecified atom stereocenters. The van der Waals surface area contributed by atoms with Crippen LogP contribution in [-0.4, -0.2) is 34.2 Å². The standard InChI is InChI=1S/C14H23NO4/c1-13(2,3)19-12(18)14-5-4-10(15-14)6-9(8-14)7-11(16)17/h9-10,15H,4-8H2,1-3H3,(H,16,17). The smallest absolute Gasteiger partial charge is 0.326 e. The summed E-state index contributed by atoms with van der Waals surface area (Å²) in [5.41, 5.74) is -1.17. The fourth-order valence-corrected chi connectivity index (χ4v) is 3.29. The molecule has 0 radical (unpaired) electrons. The lowest BCUT2D eigenvalue weighted by Gasteiger charge is -2.38. The first-order chi connectivity index (χ1) is 8.70. The summed E-state index contributed by atoms with van der Waals surface area (Å²) < 4.78 is 5.50. The summed E-state index contributed by atoms with van der Waals surface area (Å²) in [6.45, 7) is 5.56. The largest absolute Gasteiger partial charge is 0.481 e. The van der Waals surface area contributed by atoms with Crippen molar-refractivity contribution in [3.63, 3.8) is 0 Å². The maximum Gasteiger partial charge on any atom is 0.326 e. The molecule has 2 N–H and O–H groups in total. The molecule has 0 aromatic carbocycles. The van der Waals surface area contributed by atoms with Crippen LogP contribution in [0.5, 0.6) is 0 Å². The molecule has 0 aliphatic carbocycles. The number of nitrogens with one attached hydrogen (secondary N) is 1. The lowest BCUT2D eigenvalue weighted by molar-refractivity contribution is -0.165. The van der Waals surface area contributed by atoms with Crippen molar-refractivity contribution in [1.82, 2.24) is 5.32 Å². The Morgan fingerprint density at radius 2 is 2.11 bits per heavy atom. The molecule has 0 spiro atoms. The molecule has 5 nitrogen and oxygen atoms in total. The fourth-order valence-electron chi connectivity index (χ4n) is 3.29. The zero-order valence-corrected chi connectivity index (χ0v) is 11.9. The highest BCUT2D eigenvalue weighted by Gasteiger charge is 2.52. The van der Waals surface area contributed by atoms with E-state index in [-0.39, 0.29) is 24.3 Å². The third-order valence-electron chi connectivity index (χ3n) is 3.91. The second-order valence-corrected chi connectivity index (χ2v) is 6.87. The third-order valence-corrected chi connectivity index (χ3v) is 3.91. The average Bonchev–Trinajstić information content (AvgIpc) is 2.52. The summed E-state index contributed by atoms with van der Waals surface area (Å²) in [6.07, 6.45) is 3.24. The van der Waals surface area contributed by atoms with Crippen LogP contribution in [-0.2, 0) is 14.3 Å². The van der Waals surface area contributed by atoms with Crippen molar-refractivity contribution in [2.24, 2.45) is 5.92 Å². The molecular formula is C14H23NO4. The molecule has 2 bridgehead atoms. The first kappa shape index (κ1) is 14.3. The Kier molecular flexibility index (Phi) is 3.60. The second-order valence-electron chi connectivity index (χ2n) is 6.87. The molecule has 108 valence electrons. The highest BCUT2D eigenvalue weighted by atomic mass is 16.6. The molecular weight excluding hydrogens is 246 g/mol. The fraction of sp³-hybridized carbons (Fsp3) is 0.857. The number of carboxylic acid groups (broad SMARTS) is 1. The SMILES string of the molecule is CC(C)(C)OC(=O)C12CCC(CC(CC(=O)O)C1)N2. The van der Waals surface area contributed by atoms with E-state index < -0.39 is 17.1 Å². The number of aliphatic carboxylic acids is 1. The highest BCUT2D eigenvalue weighted by Crippen LogP contribution is 2.41. The van der Waals surface area contributed by atoms with Gasteiger partial charge in [-0.3, -0.25) is 14.9 Å². The number of hydrogen-bond donors (Lipinski definition) is 2. The molecule has 0 amide bonds. The van der Waals surface area contributed by atoms with Gasteiger partial charge in [0.1, 0.15) is 11.1 Å². The lowest BCUT2D eigenvalue weighted by Crippen LogP contribution is -2.56. The number of piperidine rings is 1. The Hall–Kier alpha value is -1.10. The van der Waals surface area contributed by atoms with Gasteiger partial charge in [-0.2, -0.15) is 0 Å². The Labute approximate surface area is 113 Å². The molecule has 3 atom stereocenters. The normalized spacial score (nSPS) is 34.1. The molecule has 2 aliphatic heterocycles. The topological polar surface area (TPSA) is 75.6 Å². The summed E-state index contributed by atoms with van der Waals surface area (Å²) >= 11 is 0. The monoisotopic (exact) mass is 269 g/mol. The van der Waals surface area contributed by atoms with E-state index in [1.165, 1.54) is 0 Å². The van der Waals surface area contributed by atoms with Gasteiger partial charge in [0.2, 0.25) is 0 Å². The van der Waals surface area contributed by atoms with E-state index in [9.17, 15) is 9.59 Å². The average molecular weight is 269 g/mol. The minimum absolute atomic E-state index is 0.0683. The van der Waals surface area contributed by atoms with Crippen molar-refractivity contribution in [3.8, 4) is 0 Å². The van der Waals surface area contributed by atoms with Crippen LogP contribution in [0.15, 0.2) is 0 Å². The molecule has 2 saturated heterocycles. The summed E-state index contributed by atoms with van der Waals surface area (Å²) in [6, 6.07) is 0.255. The molecule has 2 fully saturated rings. The third kappa shape index (κ3) is 3.26. The van der Waals surface area contributed by atoms with Gasteiger partial charge in [0.05, 0.1) is 0 Å². The van der Waals surface area contributed by atoms with Crippen molar-refractivity contribution < 1.29 is 19.4 Å². The van der Waals surface area contributed by atoms with Crippen LogP contribution in [0.2, 0.25) is 0 Å².